The van der Waals surface area contributed by atoms with Crippen LogP contribution in [0.25, 0.3) is 18.2 Å². The maximum Gasteiger partial charge on any atom is 0.241 e. The van der Waals surface area contributed by atoms with Crippen molar-refractivity contribution in [2.45, 2.75) is 0 Å². The number of phenols is 3. The summed E-state index contributed by atoms with van der Waals surface area (Å²) in [4.78, 5) is 10.7. The van der Waals surface area contributed by atoms with Crippen LogP contribution in [0, 0.1) is 0 Å². The van der Waals surface area contributed by atoms with Crippen LogP contribution in [0.4, 0.5) is 0 Å². The second-order valence-corrected chi connectivity index (χ2v) is 4.67. The second kappa shape index (κ2) is 6.49. The lowest BCUT2D eigenvalue weighted by Gasteiger charge is -2.02. The lowest BCUT2D eigenvalue weighted by molar-refractivity contribution is -0.113. The van der Waals surface area contributed by atoms with Crippen molar-refractivity contribution in [3.63, 3.8) is 0 Å². The summed E-state index contributed by atoms with van der Waals surface area (Å²) in [6.07, 6.45) is 6.04. The van der Waals surface area contributed by atoms with E-state index in [1.165, 1.54) is 30.3 Å². The fraction of sp³-hybridized carbons (Fsp3) is 0. The molecule has 1 amide bonds. The molecular formula is C17H15NO4. The van der Waals surface area contributed by atoms with Crippen molar-refractivity contribution < 1.29 is 20.1 Å². The molecule has 0 aliphatic carbocycles. The molecule has 0 saturated heterocycles. The minimum absolute atomic E-state index is 0.0537. The zero-order valence-corrected chi connectivity index (χ0v) is 11.6. The van der Waals surface area contributed by atoms with Gasteiger partial charge in [0.05, 0.1) is 0 Å². The van der Waals surface area contributed by atoms with Gasteiger partial charge in [-0.2, -0.15) is 0 Å². The first-order valence-corrected chi connectivity index (χ1v) is 6.46. The Hall–Kier alpha value is -3.21. The molecule has 0 fully saturated rings. The Labute approximate surface area is 127 Å². The molecule has 0 saturated carbocycles. The van der Waals surface area contributed by atoms with Gasteiger partial charge in [0.2, 0.25) is 5.91 Å². The first-order chi connectivity index (χ1) is 10.4. The van der Waals surface area contributed by atoms with Crippen LogP contribution in [0.5, 0.6) is 17.2 Å². The van der Waals surface area contributed by atoms with Crippen molar-refractivity contribution in [3.05, 3.63) is 59.2 Å². The Kier molecular flexibility index (Phi) is 4.48. The van der Waals surface area contributed by atoms with Gasteiger partial charge in [-0.3, -0.25) is 4.79 Å². The number of phenolic OH excluding ortho intramolecular Hbond substituents is 3. The number of carbonyl (C=O) groups excluding carboxylic acids is 1. The highest BCUT2D eigenvalue weighted by molar-refractivity contribution is 5.90. The van der Waals surface area contributed by atoms with Gasteiger partial charge in [-0.15, -0.1) is 0 Å². The molecular weight excluding hydrogens is 282 g/mol. The summed E-state index contributed by atoms with van der Waals surface area (Å²) >= 11 is 0. The van der Waals surface area contributed by atoms with Gasteiger partial charge in [0.1, 0.15) is 17.2 Å². The molecule has 5 heteroatoms. The summed E-state index contributed by atoms with van der Waals surface area (Å²) in [6, 6.07) is 9.00. The van der Waals surface area contributed by atoms with Gasteiger partial charge in [0.15, 0.2) is 0 Å². The van der Waals surface area contributed by atoms with Crippen molar-refractivity contribution in [2.75, 3.05) is 0 Å². The summed E-state index contributed by atoms with van der Waals surface area (Å²) in [5.41, 5.74) is 6.84. The van der Waals surface area contributed by atoms with Crippen molar-refractivity contribution in [1.82, 2.24) is 0 Å². The molecule has 0 aromatic heterocycles. The van der Waals surface area contributed by atoms with E-state index in [-0.39, 0.29) is 17.2 Å². The fourth-order valence-electron chi connectivity index (χ4n) is 1.89. The predicted octanol–water partition coefficient (Wildman–Crippen LogP) is 2.47. The third-order valence-corrected chi connectivity index (χ3v) is 2.87. The van der Waals surface area contributed by atoms with Gasteiger partial charge in [0.25, 0.3) is 0 Å². The molecule has 0 atom stereocenters. The SMILES string of the molecule is NC(=O)/C=C/c1ccc(O)c(/C=C/c2cc(O)cc(O)c2)c1. The molecule has 0 aliphatic heterocycles. The highest BCUT2D eigenvalue weighted by Crippen LogP contribution is 2.25. The minimum Gasteiger partial charge on any atom is -0.508 e. The average molecular weight is 297 g/mol. The third-order valence-electron chi connectivity index (χ3n) is 2.87. The monoisotopic (exact) mass is 297 g/mol. The van der Waals surface area contributed by atoms with Crippen LogP contribution >= 0.6 is 0 Å². The van der Waals surface area contributed by atoms with E-state index < -0.39 is 5.91 Å². The number of rotatable bonds is 4. The van der Waals surface area contributed by atoms with E-state index >= 15 is 0 Å². The van der Waals surface area contributed by atoms with E-state index in [4.69, 9.17) is 5.73 Å². The van der Waals surface area contributed by atoms with Crippen LogP contribution in [0.2, 0.25) is 0 Å². The molecule has 112 valence electrons. The van der Waals surface area contributed by atoms with E-state index in [1.807, 2.05) is 0 Å². The van der Waals surface area contributed by atoms with Crippen LogP contribution in [0.3, 0.4) is 0 Å². The Morgan fingerprint density at radius 2 is 1.55 bits per heavy atom. The van der Waals surface area contributed by atoms with Crippen LogP contribution in [0.1, 0.15) is 16.7 Å². The quantitative estimate of drug-likeness (QED) is 0.514. The van der Waals surface area contributed by atoms with Crippen molar-refractivity contribution in [2.24, 2.45) is 5.73 Å². The fourth-order valence-corrected chi connectivity index (χ4v) is 1.89. The molecule has 2 aromatic carbocycles. The lowest BCUT2D eigenvalue weighted by atomic mass is 10.1. The molecule has 0 radical (unpaired) electrons. The molecule has 22 heavy (non-hydrogen) atoms. The summed E-state index contributed by atoms with van der Waals surface area (Å²) in [5, 5.41) is 28.7. The summed E-state index contributed by atoms with van der Waals surface area (Å²) < 4.78 is 0. The van der Waals surface area contributed by atoms with Crippen molar-refractivity contribution in [1.29, 1.82) is 0 Å². The number of carbonyl (C=O) groups is 1. The van der Waals surface area contributed by atoms with E-state index in [0.29, 0.717) is 16.7 Å². The van der Waals surface area contributed by atoms with Gasteiger partial charge < -0.3 is 21.1 Å². The first kappa shape index (κ1) is 15.2. The summed E-state index contributed by atoms with van der Waals surface area (Å²) in [5.74, 6) is -0.596. The van der Waals surface area contributed by atoms with Crippen LogP contribution < -0.4 is 5.73 Å². The zero-order valence-electron chi connectivity index (χ0n) is 11.6. The third kappa shape index (κ3) is 4.14. The normalized spacial score (nSPS) is 11.3. The Morgan fingerprint density at radius 3 is 2.18 bits per heavy atom. The molecule has 5 N–H and O–H groups in total. The molecule has 0 bridgehead atoms. The maximum absolute atomic E-state index is 10.7. The number of amides is 1. The zero-order chi connectivity index (χ0) is 16.1. The Morgan fingerprint density at radius 1 is 0.864 bits per heavy atom. The van der Waals surface area contributed by atoms with Crippen LogP contribution in [-0.2, 0) is 4.79 Å². The van der Waals surface area contributed by atoms with E-state index in [1.54, 1.807) is 30.4 Å². The Bertz CT molecular complexity index is 743. The standard InChI is InChI=1S/C17H15NO4/c18-17(22)6-3-11-2-5-16(21)13(7-11)4-1-12-8-14(19)10-15(20)9-12/h1-10,19-21H,(H2,18,22)/b4-1+,6-3+. The highest BCUT2D eigenvalue weighted by atomic mass is 16.3. The average Bonchev–Trinajstić information content (AvgIpc) is 2.44. The number of primary amides is 1. The molecule has 0 heterocycles. The van der Waals surface area contributed by atoms with E-state index in [9.17, 15) is 20.1 Å². The van der Waals surface area contributed by atoms with Gasteiger partial charge in [0, 0.05) is 17.7 Å². The molecule has 2 rings (SSSR count). The number of nitrogens with two attached hydrogens (primary N) is 1. The van der Waals surface area contributed by atoms with Crippen LogP contribution in [0.15, 0.2) is 42.5 Å². The summed E-state index contributed by atoms with van der Waals surface area (Å²) in [7, 11) is 0. The predicted molar refractivity (Wildman–Crippen MR) is 85.0 cm³/mol. The Balaban J connectivity index is 2.29. The smallest absolute Gasteiger partial charge is 0.241 e. The molecule has 0 aliphatic rings. The number of hydrogen-bond acceptors (Lipinski definition) is 4. The van der Waals surface area contributed by atoms with E-state index in [2.05, 4.69) is 0 Å². The molecule has 2 aromatic rings. The van der Waals surface area contributed by atoms with Gasteiger partial charge in [-0.25, -0.2) is 0 Å². The number of hydrogen-bond donors (Lipinski definition) is 4. The molecule has 5 nitrogen and oxygen atoms in total. The summed E-state index contributed by atoms with van der Waals surface area (Å²) in [6.45, 7) is 0. The second-order valence-electron chi connectivity index (χ2n) is 4.67. The van der Waals surface area contributed by atoms with E-state index in [0.717, 1.165) is 0 Å². The lowest BCUT2D eigenvalue weighted by Crippen LogP contribution is -2.05. The van der Waals surface area contributed by atoms with Crippen LogP contribution in [-0.4, -0.2) is 21.2 Å². The number of aromatic hydroxyl groups is 3. The molecule has 0 unspecified atom stereocenters. The first-order valence-electron chi connectivity index (χ1n) is 6.46. The molecule has 0 spiro atoms. The minimum atomic E-state index is -0.555. The van der Waals surface area contributed by atoms with Crippen molar-refractivity contribution in [3.8, 4) is 17.2 Å². The highest BCUT2D eigenvalue weighted by Gasteiger charge is 2.00. The maximum atomic E-state index is 10.7. The van der Waals surface area contributed by atoms with Gasteiger partial charge >= 0.3 is 0 Å². The number of benzene rings is 2. The largest absolute Gasteiger partial charge is 0.508 e. The van der Waals surface area contributed by atoms with Gasteiger partial charge in [-0.1, -0.05) is 18.2 Å². The van der Waals surface area contributed by atoms with Gasteiger partial charge in [-0.05, 0) is 41.5 Å². The topological polar surface area (TPSA) is 104 Å². The van der Waals surface area contributed by atoms with Crippen molar-refractivity contribution >= 4 is 24.1 Å².